The van der Waals surface area contributed by atoms with Crippen LogP contribution in [0.25, 0.3) is 10.9 Å². The number of nitrogens with two attached hydrogens (primary N) is 1. The van der Waals surface area contributed by atoms with Gasteiger partial charge in [0.15, 0.2) is 5.82 Å². The van der Waals surface area contributed by atoms with E-state index in [1.165, 1.54) is 12.1 Å². The van der Waals surface area contributed by atoms with Crippen molar-refractivity contribution in [1.82, 2.24) is 9.78 Å². The monoisotopic (exact) mass is 268 g/mol. The van der Waals surface area contributed by atoms with E-state index in [1.807, 2.05) is 30.3 Å². The molecule has 1 aromatic heterocycles. The van der Waals surface area contributed by atoms with Gasteiger partial charge in [-0.25, -0.2) is 0 Å². The van der Waals surface area contributed by atoms with Crippen LogP contribution < -0.4 is 5.73 Å². The Balaban J connectivity index is 2.07. The summed E-state index contributed by atoms with van der Waals surface area (Å²) in [6, 6.07) is 14.4. The zero-order chi connectivity index (χ0) is 14.1. The highest BCUT2D eigenvalue weighted by molar-refractivity contribution is 5.90. The Bertz CT molecular complexity index is 780. The predicted octanol–water partition coefficient (Wildman–Crippen LogP) is 2.58. The van der Waals surface area contributed by atoms with Crippen molar-refractivity contribution < 1.29 is 4.92 Å². The van der Waals surface area contributed by atoms with Gasteiger partial charge in [-0.15, -0.1) is 0 Å². The van der Waals surface area contributed by atoms with Crippen molar-refractivity contribution >= 4 is 22.4 Å². The summed E-state index contributed by atoms with van der Waals surface area (Å²) in [5.41, 5.74) is 7.74. The van der Waals surface area contributed by atoms with Gasteiger partial charge in [-0.05, 0) is 11.6 Å². The number of anilines is 1. The molecule has 0 spiro atoms. The summed E-state index contributed by atoms with van der Waals surface area (Å²) in [7, 11) is 0. The molecule has 0 saturated heterocycles. The fourth-order valence-electron chi connectivity index (χ4n) is 2.18. The molecule has 0 unspecified atom stereocenters. The largest absolute Gasteiger partial charge is 0.382 e. The van der Waals surface area contributed by atoms with E-state index >= 15 is 0 Å². The minimum Gasteiger partial charge on any atom is -0.382 e. The molecule has 2 N–H and O–H groups in total. The van der Waals surface area contributed by atoms with Gasteiger partial charge in [0.25, 0.3) is 5.69 Å². The van der Waals surface area contributed by atoms with Crippen molar-refractivity contribution in [2.45, 2.75) is 6.54 Å². The molecule has 1 heterocycles. The first-order valence-corrected chi connectivity index (χ1v) is 6.09. The average molecular weight is 268 g/mol. The van der Waals surface area contributed by atoms with Gasteiger partial charge in [0.1, 0.15) is 0 Å². The van der Waals surface area contributed by atoms with E-state index in [-0.39, 0.29) is 5.69 Å². The number of aromatic nitrogens is 2. The van der Waals surface area contributed by atoms with Crippen LogP contribution in [0.4, 0.5) is 11.5 Å². The number of nitrogen functional groups attached to an aromatic ring is 1. The van der Waals surface area contributed by atoms with Crippen LogP contribution in [0.3, 0.4) is 0 Å². The minimum absolute atomic E-state index is 0.0171. The average Bonchev–Trinajstić information content (AvgIpc) is 2.76. The van der Waals surface area contributed by atoms with Crippen LogP contribution in [0, 0.1) is 10.1 Å². The van der Waals surface area contributed by atoms with Crippen LogP contribution in [0.1, 0.15) is 5.56 Å². The third kappa shape index (κ3) is 2.07. The molecule has 20 heavy (non-hydrogen) atoms. The topological polar surface area (TPSA) is 87.0 Å². The van der Waals surface area contributed by atoms with Crippen molar-refractivity contribution in [1.29, 1.82) is 0 Å². The smallest absolute Gasteiger partial charge is 0.270 e. The fraction of sp³-hybridized carbons (Fsp3) is 0.0714. The first-order valence-electron chi connectivity index (χ1n) is 6.09. The molecule has 0 bridgehead atoms. The van der Waals surface area contributed by atoms with E-state index in [9.17, 15) is 10.1 Å². The number of hydrogen-bond acceptors (Lipinski definition) is 4. The number of nitro groups is 1. The summed E-state index contributed by atoms with van der Waals surface area (Å²) in [4.78, 5) is 10.4. The molecule has 100 valence electrons. The van der Waals surface area contributed by atoms with Gasteiger partial charge in [-0.3, -0.25) is 14.8 Å². The molecule has 3 aromatic rings. The molecule has 0 aliphatic rings. The van der Waals surface area contributed by atoms with E-state index in [0.29, 0.717) is 17.7 Å². The van der Waals surface area contributed by atoms with Crippen molar-refractivity contribution in [3.63, 3.8) is 0 Å². The van der Waals surface area contributed by atoms with E-state index < -0.39 is 4.92 Å². The number of non-ortho nitro benzene ring substituents is 1. The van der Waals surface area contributed by atoms with Gasteiger partial charge in [-0.1, -0.05) is 30.3 Å². The fourth-order valence-corrected chi connectivity index (χ4v) is 2.18. The van der Waals surface area contributed by atoms with Gasteiger partial charge >= 0.3 is 0 Å². The Morgan fingerprint density at radius 3 is 2.65 bits per heavy atom. The summed E-state index contributed by atoms with van der Waals surface area (Å²) in [5, 5.41) is 15.7. The van der Waals surface area contributed by atoms with Crippen LogP contribution in [0.2, 0.25) is 0 Å². The molecule has 6 heteroatoms. The Morgan fingerprint density at radius 1 is 1.20 bits per heavy atom. The van der Waals surface area contributed by atoms with Crippen LogP contribution in [-0.2, 0) is 6.54 Å². The zero-order valence-corrected chi connectivity index (χ0v) is 10.6. The van der Waals surface area contributed by atoms with Gasteiger partial charge in [0, 0.05) is 12.1 Å². The van der Waals surface area contributed by atoms with E-state index in [0.717, 1.165) is 11.1 Å². The Hall–Kier alpha value is -2.89. The highest BCUT2D eigenvalue weighted by Crippen LogP contribution is 2.25. The number of benzene rings is 2. The van der Waals surface area contributed by atoms with E-state index in [2.05, 4.69) is 5.10 Å². The molecule has 6 nitrogen and oxygen atoms in total. The van der Waals surface area contributed by atoms with Crippen LogP contribution in [0.15, 0.2) is 48.5 Å². The number of nitrogens with zero attached hydrogens (tertiary/aromatic N) is 3. The standard InChI is InChI=1S/C14H12N4O2/c15-14-12-8-11(18(19)20)6-7-13(12)17(16-14)9-10-4-2-1-3-5-10/h1-8H,9H2,(H2,15,16). The zero-order valence-electron chi connectivity index (χ0n) is 10.6. The molecule has 0 radical (unpaired) electrons. The maximum absolute atomic E-state index is 10.8. The van der Waals surface area contributed by atoms with Gasteiger partial charge in [0.2, 0.25) is 0 Å². The van der Waals surface area contributed by atoms with Crippen LogP contribution in [0.5, 0.6) is 0 Å². The Kier molecular flexibility index (Phi) is 2.83. The van der Waals surface area contributed by atoms with Crippen molar-refractivity contribution in [2.75, 3.05) is 5.73 Å². The lowest BCUT2D eigenvalue weighted by atomic mass is 10.2. The summed E-state index contributed by atoms with van der Waals surface area (Å²) in [6.07, 6.45) is 0. The third-order valence-corrected chi connectivity index (χ3v) is 3.15. The van der Waals surface area contributed by atoms with Gasteiger partial charge in [-0.2, -0.15) is 5.10 Å². The van der Waals surface area contributed by atoms with Crippen molar-refractivity contribution in [3.8, 4) is 0 Å². The molecule has 0 amide bonds. The van der Waals surface area contributed by atoms with Gasteiger partial charge < -0.3 is 5.73 Å². The second-order valence-electron chi connectivity index (χ2n) is 4.49. The van der Waals surface area contributed by atoms with Crippen LogP contribution in [-0.4, -0.2) is 14.7 Å². The minimum atomic E-state index is -0.437. The summed E-state index contributed by atoms with van der Waals surface area (Å²) in [5.74, 6) is 0.305. The molecule has 0 saturated carbocycles. The quantitative estimate of drug-likeness (QED) is 0.584. The summed E-state index contributed by atoms with van der Waals surface area (Å²) < 4.78 is 1.75. The highest BCUT2D eigenvalue weighted by Gasteiger charge is 2.13. The molecule has 0 atom stereocenters. The van der Waals surface area contributed by atoms with Gasteiger partial charge in [0.05, 0.1) is 22.4 Å². The van der Waals surface area contributed by atoms with Crippen molar-refractivity contribution in [2.24, 2.45) is 0 Å². The molecule has 0 aliphatic heterocycles. The lowest BCUT2D eigenvalue weighted by Gasteiger charge is -2.03. The molecular weight excluding hydrogens is 256 g/mol. The number of nitro benzene ring substituents is 1. The molecule has 2 aromatic carbocycles. The lowest BCUT2D eigenvalue weighted by Crippen LogP contribution is -2.02. The predicted molar refractivity (Wildman–Crippen MR) is 76.3 cm³/mol. The number of rotatable bonds is 3. The maximum atomic E-state index is 10.8. The Labute approximate surface area is 114 Å². The second-order valence-corrected chi connectivity index (χ2v) is 4.49. The lowest BCUT2D eigenvalue weighted by molar-refractivity contribution is -0.384. The number of fused-ring (bicyclic) bond motifs is 1. The first kappa shape index (κ1) is 12.2. The van der Waals surface area contributed by atoms with E-state index in [4.69, 9.17) is 5.73 Å². The SMILES string of the molecule is Nc1nn(Cc2ccccc2)c2ccc([N+](=O)[O-])cc12. The van der Waals surface area contributed by atoms with Crippen molar-refractivity contribution in [3.05, 3.63) is 64.2 Å². The molecule has 0 fully saturated rings. The third-order valence-electron chi connectivity index (χ3n) is 3.15. The highest BCUT2D eigenvalue weighted by atomic mass is 16.6. The molecule has 0 aliphatic carbocycles. The molecule has 3 rings (SSSR count). The first-order chi connectivity index (χ1) is 9.65. The second kappa shape index (κ2) is 4.65. The summed E-state index contributed by atoms with van der Waals surface area (Å²) in [6.45, 7) is 0.576. The van der Waals surface area contributed by atoms with Crippen LogP contribution >= 0.6 is 0 Å². The summed E-state index contributed by atoms with van der Waals surface area (Å²) >= 11 is 0. The van der Waals surface area contributed by atoms with E-state index in [1.54, 1.807) is 10.7 Å². The normalized spacial score (nSPS) is 10.8. The Morgan fingerprint density at radius 2 is 1.95 bits per heavy atom. The molecular formula is C14H12N4O2. The maximum Gasteiger partial charge on any atom is 0.270 e. The number of hydrogen-bond donors (Lipinski definition) is 1.